The van der Waals surface area contributed by atoms with E-state index in [1.54, 1.807) is 0 Å². The Morgan fingerprint density at radius 2 is 0.813 bits per heavy atom. The van der Waals surface area contributed by atoms with Crippen molar-refractivity contribution in [3.63, 3.8) is 0 Å². The molecule has 0 spiro atoms. The second-order valence-corrected chi connectivity index (χ2v) is 23.3. The molecule has 434 valence electrons. The van der Waals surface area contributed by atoms with Gasteiger partial charge in [0.05, 0.1) is 33.8 Å². The monoisotopic (exact) mass is 1070 g/mol. The SMILES string of the molecule is CCCCC/C=C\C/C=C\C/C=C\C/C=C\CCCCCCCC(=O)NC(COP(=O)([O-])OCC[N+](C)(C)C)C(/C=C\CCCCCCCCCCC)OC(=O)CCCCCCCCC/C=C\C/C=C\CCCCC. The molecule has 0 bridgehead atoms. The van der Waals surface area contributed by atoms with E-state index in [9.17, 15) is 19.0 Å². The normalized spacial score (nSPS) is 14.3. The molecule has 3 unspecified atom stereocenters. The quantitative estimate of drug-likeness (QED) is 0.0212. The summed E-state index contributed by atoms with van der Waals surface area (Å²) in [7, 11) is 1.16. The van der Waals surface area contributed by atoms with Gasteiger partial charge in [-0.2, -0.15) is 0 Å². The molecule has 75 heavy (non-hydrogen) atoms. The van der Waals surface area contributed by atoms with Crippen LogP contribution in [0.2, 0.25) is 0 Å². The molecule has 0 aliphatic rings. The van der Waals surface area contributed by atoms with Crippen LogP contribution in [0, 0.1) is 0 Å². The molecule has 0 aromatic carbocycles. The number of phosphoric ester groups is 1. The molecule has 0 aromatic heterocycles. The summed E-state index contributed by atoms with van der Waals surface area (Å²) in [4.78, 5) is 39.9. The lowest BCUT2D eigenvalue weighted by Crippen LogP contribution is -2.47. The first-order chi connectivity index (χ1) is 36.4. The van der Waals surface area contributed by atoms with Gasteiger partial charge in [-0.1, -0.05) is 228 Å². The first kappa shape index (κ1) is 72.2. The van der Waals surface area contributed by atoms with Gasteiger partial charge in [0.15, 0.2) is 0 Å². The number of nitrogens with one attached hydrogen (secondary N) is 1. The summed E-state index contributed by atoms with van der Waals surface area (Å²) < 4.78 is 30.3. The highest BCUT2D eigenvalue weighted by molar-refractivity contribution is 7.45. The van der Waals surface area contributed by atoms with E-state index < -0.39 is 26.6 Å². The fraction of sp³-hybridized carbons (Fsp3) is 0.754. The van der Waals surface area contributed by atoms with Crippen molar-refractivity contribution in [2.45, 2.75) is 277 Å². The zero-order valence-electron chi connectivity index (χ0n) is 49.5. The maximum atomic E-state index is 13.5. The molecule has 0 rings (SSSR count). The van der Waals surface area contributed by atoms with Crippen LogP contribution in [-0.2, 0) is 27.9 Å². The third-order valence-electron chi connectivity index (χ3n) is 13.3. The number of ether oxygens (including phenoxy) is 1. The molecule has 0 heterocycles. The minimum absolute atomic E-state index is 0.0311. The van der Waals surface area contributed by atoms with Crippen molar-refractivity contribution in [3.05, 3.63) is 85.1 Å². The van der Waals surface area contributed by atoms with Crippen LogP contribution in [-0.4, -0.2) is 69.4 Å². The first-order valence-corrected chi connectivity index (χ1v) is 32.4. The highest BCUT2D eigenvalue weighted by atomic mass is 31.2. The van der Waals surface area contributed by atoms with Crippen molar-refractivity contribution in [3.8, 4) is 0 Å². The van der Waals surface area contributed by atoms with Gasteiger partial charge in [0.1, 0.15) is 19.3 Å². The van der Waals surface area contributed by atoms with E-state index in [4.69, 9.17) is 13.8 Å². The number of allylic oxidation sites excluding steroid dienone is 13. The summed E-state index contributed by atoms with van der Waals surface area (Å²) in [5.74, 6) is -0.573. The largest absolute Gasteiger partial charge is 0.756 e. The standard InChI is InChI=1S/C65H117N2O7P/c1-7-10-13-16-19-22-25-27-29-31-32-33-34-36-37-39-42-45-48-51-54-57-64(68)66-62(61-73-75(70,71)72-60-59-67(4,5)6)63(56-53-50-47-44-41-24-21-18-15-12-9-3)74-65(69)58-55-52-49-46-43-40-38-35-30-28-26-23-20-17-14-11-8-2/h19-20,22-23,27-30,32-33,36-37,53,56,62-63H,7-18,21,24-26,31,34-35,38-52,54-55,57-61H2,1-6H3,(H-,66,68,70,71)/b22-19-,23-20-,29-27-,30-28-,33-32-,37-36-,56-53-. The molecule has 0 fully saturated rings. The van der Waals surface area contributed by atoms with Crippen molar-refractivity contribution < 1.29 is 37.3 Å². The number of nitrogens with zero attached hydrogens (tertiary/aromatic N) is 1. The Hall–Kier alpha value is -2.81. The van der Waals surface area contributed by atoms with E-state index >= 15 is 0 Å². The van der Waals surface area contributed by atoms with Gasteiger partial charge in [-0.3, -0.25) is 14.2 Å². The summed E-state index contributed by atoms with van der Waals surface area (Å²) in [6.07, 6.45) is 71.1. The molecule has 1 N–H and O–H groups in total. The third-order valence-corrected chi connectivity index (χ3v) is 14.3. The van der Waals surface area contributed by atoms with Crippen LogP contribution in [0.25, 0.3) is 0 Å². The van der Waals surface area contributed by atoms with E-state index in [1.807, 2.05) is 33.3 Å². The Labute approximate surface area is 463 Å². The predicted octanol–water partition coefficient (Wildman–Crippen LogP) is 18.4. The van der Waals surface area contributed by atoms with Crippen molar-refractivity contribution in [2.24, 2.45) is 0 Å². The summed E-state index contributed by atoms with van der Waals surface area (Å²) in [6, 6.07) is -0.905. The van der Waals surface area contributed by atoms with Crippen LogP contribution in [0.3, 0.4) is 0 Å². The first-order valence-electron chi connectivity index (χ1n) is 30.9. The molecule has 0 saturated heterocycles. The van der Waals surface area contributed by atoms with E-state index in [1.165, 1.54) is 116 Å². The number of rotatable bonds is 55. The lowest BCUT2D eigenvalue weighted by molar-refractivity contribution is -0.870. The predicted molar refractivity (Wildman–Crippen MR) is 321 cm³/mol. The molecular weight excluding hydrogens is 952 g/mol. The summed E-state index contributed by atoms with van der Waals surface area (Å²) in [5.41, 5.74) is 0. The molecule has 0 aromatic rings. The van der Waals surface area contributed by atoms with Gasteiger partial charge < -0.3 is 28.5 Å². The minimum atomic E-state index is -4.71. The molecule has 0 radical (unpaired) electrons. The number of amides is 1. The van der Waals surface area contributed by atoms with Crippen molar-refractivity contribution in [2.75, 3.05) is 40.9 Å². The second-order valence-electron chi connectivity index (χ2n) is 21.8. The molecule has 10 heteroatoms. The van der Waals surface area contributed by atoms with Gasteiger partial charge in [-0.15, -0.1) is 0 Å². The van der Waals surface area contributed by atoms with Crippen LogP contribution in [0.15, 0.2) is 85.1 Å². The Balaban J connectivity index is 5.28. The summed E-state index contributed by atoms with van der Waals surface area (Å²) >= 11 is 0. The number of quaternary nitrogens is 1. The number of carbonyl (C=O) groups is 2. The van der Waals surface area contributed by atoms with Gasteiger partial charge in [-0.25, -0.2) is 0 Å². The zero-order chi connectivity index (χ0) is 55.0. The smallest absolute Gasteiger partial charge is 0.306 e. The van der Waals surface area contributed by atoms with E-state index in [0.717, 1.165) is 109 Å². The number of hydrogen-bond acceptors (Lipinski definition) is 7. The van der Waals surface area contributed by atoms with Crippen LogP contribution >= 0.6 is 7.82 Å². The Bertz CT molecular complexity index is 1560. The highest BCUT2D eigenvalue weighted by Crippen LogP contribution is 2.38. The minimum Gasteiger partial charge on any atom is -0.756 e. The van der Waals surface area contributed by atoms with Crippen LogP contribution in [0.5, 0.6) is 0 Å². The fourth-order valence-electron chi connectivity index (χ4n) is 8.48. The van der Waals surface area contributed by atoms with Gasteiger partial charge in [0.25, 0.3) is 7.82 Å². The Morgan fingerprint density at radius 3 is 1.24 bits per heavy atom. The Kier molecular flexibility index (Phi) is 52.5. The average molecular weight is 1070 g/mol. The van der Waals surface area contributed by atoms with E-state index in [-0.39, 0.29) is 24.9 Å². The number of phosphoric acid groups is 1. The van der Waals surface area contributed by atoms with Crippen molar-refractivity contribution in [1.82, 2.24) is 5.32 Å². The highest BCUT2D eigenvalue weighted by Gasteiger charge is 2.27. The number of likely N-dealkylation sites (N-methyl/N-ethyl adjacent to an activating group) is 1. The van der Waals surface area contributed by atoms with E-state index in [2.05, 4.69) is 99.0 Å². The van der Waals surface area contributed by atoms with Crippen molar-refractivity contribution in [1.29, 1.82) is 0 Å². The zero-order valence-corrected chi connectivity index (χ0v) is 50.4. The summed E-state index contributed by atoms with van der Waals surface area (Å²) in [6.45, 7) is 6.76. The van der Waals surface area contributed by atoms with Gasteiger partial charge in [0.2, 0.25) is 5.91 Å². The third kappa shape index (κ3) is 55.7. The fourth-order valence-corrected chi connectivity index (χ4v) is 9.20. The van der Waals surface area contributed by atoms with Crippen LogP contribution in [0.1, 0.15) is 265 Å². The molecule has 0 aliphatic heterocycles. The van der Waals surface area contributed by atoms with E-state index in [0.29, 0.717) is 23.9 Å². The second kappa shape index (κ2) is 54.5. The number of hydrogen-bond donors (Lipinski definition) is 1. The molecule has 0 aliphatic carbocycles. The van der Waals surface area contributed by atoms with Gasteiger partial charge >= 0.3 is 5.97 Å². The maximum absolute atomic E-state index is 13.5. The molecule has 1 amide bonds. The molecular formula is C65H117N2O7P. The van der Waals surface area contributed by atoms with Crippen LogP contribution < -0.4 is 10.2 Å². The number of carbonyl (C=O) groups excluding carboxylic acids is 2. The summed E-state index contributed by atoms with van der Waals surface area (Å²) in [5, 5.41) is 3.01. The molecule has 0 saturated carbocycles. The molecule has 3 atom stereocenters. The lowest BCUT2D eigenvalue weighted by Gasteiger charge is -2.30. The number of unbranched alkanes of at least 4 members (excludes halogenated alkanes) is 27. The topological polar surface area (TPSA) is 114 Å². The van der Waals surface area contributed by atoms with Crippen molar-refractivity contribution >= 4 is 19.7 Å². The maximum Gasteiger partial charge on any atom is 0.306 e. The average Bonchev–Trinajstić information content (AvgIpc) is 3.37. The van der Waals surface area contributed by atoms with Crippen LogP contribution in [0.4, 0.5) is 0 Å². The Morgan fingerprint density at radius 1 is 0.467 bits per heavy atom. The lowest BCUT2D eigenvalue weighted by atomic mass is 10.1. The van der Waals surface area contributed by atoms with Gasteiger partial charge in [-0.05, 0) is 109 Å². The number of esters is 1. The molecule has 9 nitrogen and oxygen atoms in total. The van der Waals surface area contributed by atoms with Gasteiger partial charge in [0, 0.05) is 12.8 Å².